The SMILES string of the molecule is CC(C)CNC(=O)[C@@H]1CCCN1C(=O)[C@@H](NC(=O)[C@H](C)N)C(C)C. The van der Waals surface area contributed by atoms with Crippen LogP contribution in [-0.4, -0.2) is 53.8 Å². The van der Waals surface area contributed by atoms with Crippen LogP contribution in [0.25, 0.3) is 0 Å². The number of carbonyl (C=O) groups excluding carboxylic acids is 3. The minimum absolute atomic E-state index is 0.0832. The van der Waals surface area contributed by atoms with Crippen LogP contribution in [0.4, 0.5) is 0 Å². The quantitative estimate of drug-likeness (QED) is 0.617. The number of hydrogen-bond acceptors (Lipinski definition) is 4. The van der Waals surface area contributed by atoms with Crippen molar-refractivity contribution in [3.8, 4) is 0 Å². The summed E-state index contributed by atoms with van der Waals surface area (Å²) in [5.74, 6) is -0.410. The number of nitrogens with one attached hydrogen (secondary N) is 2. The van der Waals surface area contributed by atoms with Gasteiger partial charge in [-0.15, -0.1) is 0 Å². The average Bonchev–Trinajstić information content (AvgIpc) is 2.98. The molecule has 1 fully saturated rings. The van der Waals surface area contributed by atoms with Gasteiger partial charge in [-0.2, -0.15) is 0 Å². The molecule has 0 unspecified atom stereocenters. The molecule has 0 aromatic carbocycles. The number of likely N-dealkylation sites (tertiary alicyclic amines) is 1. The molecule has 24 heavy (non-hydrogen) atoms. The molecule has 7 heteroatoms. The summed E-state index contributed by atoms with van der Waals surface area (Å²) >= 11 is 0. The molecule has 1 rings (SSSR count). The predicted octanol–water partition coefficient (Wildman–Crippen LogP) is 0.238. The Morgan fingerprint density at radius 3 is 2.29 bits per heavy atom. The Hall–Kier alpha value is -1.63. The molecule has 0 radical (unpaired) electrons. The van der Waals surface area contributed by atoms with Crippen LogP contribution in [0.1, 0.15) is 47.5 Å². The van der Waals surface area contributed by atoms with Gasteiger partial charge in [-0.25, -0.2) is 0 Å². The van der Waals surface area contributed by atoms with E-state index in [1.807, 2.05) is 27.7 Å². The van der Waals surface area contributed by atoms with Crippen molar-refractivity contribution in [2.75, 3.05) is 13.1 Å². The maximum atomic E-state index is 12.9. The van der Waals surface area contributed by atoms with Crippen molar-refractivity contribution in [1.29, 1.82) is 0 Å². The second-order valence-electron chi connectivity index (χ2n) is 7.35. The van der Waals surface area contributed by atoms with Crippen LogP contribution in [0, 0.1) is 11.8 Å². The third-order valence-corrected chi connectivity index (χ3v) is 4.17. The Labute approximate surface area is 144 Å². The van der Waals surface area contributed by atoms with Crippen molar-refractivity contribution in [3.63, 3.8) is 0 Å². The molecule has 0 bridgehead atoms. The maximum Gasteiger partial charge on any atom is 0.246 e. The number of nitrogens with two attached hydrogens (primary N) is 1. The normalized spacial score (nSPS) is 20.2. The molecule has 7 nitrogen and oxygen atoms in total. The van der Waals surface area contributed by atoms with E-state index in [0.29, 0.717) is 25.4 Å². The van der Waals surface area contributed by atoms with Crippen LogP contribution in [0.15, 0.2) is 0 Å². The Bertz CT molecular complexity index is 463. The van der Waals surface area contributed by atoms with E-state index >= 15 is 0 Å². The third-order valence-electron chi connectivity index (χ3n) is 4.17. The highest BCUT2D eigenvalue weighted by Gasteiger charge is 2.38. The first-order valence-electron chi connectivity index (χ1n) is 8.79. The van der Waals surface area contributed by atoms with Crippen molar-refractivity contribution in [2.24, 2.45) is 17.6 Å². The van der Waals surface area contributed by atoms with Crippen LogP contribution in [0.2, 0.25) is 0 Å². The summed E-state index contributed by atoms with van der Waals surface area (Å²) in [6.07, 6.45) is 1.44. The van der Waals surface area contributed by atoms with E-state index in [0.717, 1.165) is 6.42 Å². The topological polar surface area (TPSA) is 105 Å². The maximum absolute atomic E-state index is 12.9. The van der Waals surface area contributed by atoms with Crippen molar-refractivity contribution >= 4 is 17.7 Å². The average molecular weight is 340 g/mol. The van der Waals surface area contributed by atoms with Gasteiger partial charge in [0.1, 0.15) is 12.1 Å². The fraction of sp³-hybridized carbons (Fsp3) is 0.824. The molecule has 3 atom stereocenters. The first-order valence-corrected chi connectivity index (χ1v) is 8.79. The molecule has 1 aliphatic rings. The Balaban J connectivity index is 2.80. The summed E-state index contributed by atoms with van der Waals surface area (Å²) in [7, 11) is 0. The van der Waals surface area contributed by atoms with Gasteiger partial charge in [-0.1, -0.05) is 27.7 Å². The highest BCUT2D eigenvalue weighted by Crippen LogP contribution is 2.20. The fourth-order valence-corrected chi connectivity index (χ4v) is 2.70. The Morgan fingerprint density at radius 1 is 1.17 bits per heavy atom. The number of rotatable bonds is 7. The molecule has 1 saturated heterocycles. The Kier molecular flexibility index (Phi) is 7.66. The first-order chi connectivity index (χ1) is 11.1. The summed E-state index contributed by atoms with van der Waals surface area (Å²) in [5.41, 5.74) is 5.58. The first kappa shape index (κ1) is 20.4. The second kappa shape index (κ2) is 9.01. The van der Waals surface area contributed by atoms with Gasteiger partial charge >= 0.3 is 0 Å². The molecular formula is C17H32N4O3. The smallest absolute Gasteiger partial charge is 0.246 e. The predicted molar refractivity (Wildman–Crippen MR) is 93.0 cm³/mol. The van der Waals surface area contributed by atoms with E-state index < -0.39 is 18.1 Å². The zero-order valence-electron chi connectivity index (χ0n) is 15.5. The lowest BCUT2D eigenvalue weighted by molar-refractivity contribution is -0.142. The lowest BCUT2D eigenvalue weighted by Crippen LogP contribution is -2.57. The molecule has 3 amide bonds. The summed E-state index contributed by atoms with van der Waals surface area (Å²) in [6.45, 7) is 10.5. The summed E-state index contributed by atoms with van der Waals surface area (Å²) in [5, 5.41) is 5.61. The standard InChI is InChI=1S/C17H32N4O3/c1-10(2)9-19-16(23)13-7-6-8-21(13)17(24)14(11(3)4)20-15(22)12(5)18/h10-14H,6-9,18H2,1-5H3,(H,19,23)(H,20,22)/t12-,13-,14-/m0/s1. The molecular weight excluding hydrogens is 308 g/mol. The summed E-state index contributed by atoms with van der Waals surface area (Å²) in [6, 6.07) is -1.80. The fourth-order valence-electron chi connectivity index (χ4n) is 2.70. The summed E-state index contributed by atoms with van der Waals surface area (Å²) < 4.78 is 0. The lowest BCUT2D eigenvalue weighted by atomic mass is 10.0. The van der Waals surface area contributed by atoms with Gasteiger partial charge < -0.3 is 21.3 Å². The van der Waals surface area contributed by atoms with E-state index in [4.69, 9.17) is 5.73 Å². The lowest BCUT2D eigenvalue weighted by Gasteiger charge is -2.31. The van der Waals surface area contributed by atoms with Crippen LogP contribution in [0.3, 0.4) is 0 Å². The monoisotopic (exact) mass is 340 g/mol. The highest BCUT2D eigenvalue weighted by molar-refractivity contribution is 5.93. The third kappa shape index (κ3) is 5.47. The molecule has 0 saturated carbocycles. The number of nitrogens with zero attached hydrogens (tertiary/aromatic N) is 1. The molecule has 1 aliphatic heterocycles. The van der Waals surface area contributed by atoms with Crippen LogP contribution in [0.5, 0.6) is 0 Å². The molecule has 0 aromatic heterocycles. The molecule has 138 valence electrons. The van der Waals surface area contributed by atoms with E-state index in [2.05, 4.69) is 10.6 Å². The Morgan fingerprint density at radius 2 is 1.79 bits per heavy atom. The molecule has 4 N–H and O–H groups in total. The summed E-state index contributed by atoms with van der Waals surface area (Å²) in [4.78, 5) is 38.7. The molecule has 0 aromatic rings. The number of amides is 3. The van der Waals surface area contributed by atoms with E-state index in [-0.39, 0.29) is 23.6 Å². The zero-order chi connectivity index (χ0) is 18.4. The molecule has 0 aliphatic carbocycles. The van der Waals surface area contributed by atoms with Crippen LogP contribution >= 0.6 is 0 Å². The van der Waals surface area contributed by atoms with Gasteiger partial charge in [-0.05, 0) is 31.6 Å². The largest absolute Gasteiger partial charge is 0.354 e. The molecule has 1 heterocycles. The highest BCUT2D eigenvalue weighted by atomic mass is 16.2. The minimum Gasteiger partial charge on any atom is -0.354 e. The van der Waals surface area contributed by atoms with Crippen LogP contribution in [-0.2, 0) is 14.4 Å². The van der Waals surface area contributed by atoms with Gasteiger partial charge in [0.15, 0.2) is 0 Å². The van der Waals surface area contributed by atoms with Gasteiger partial charge in [-0.3, -0.25) is 14.4 Å². The van der Waals surface area contributed by atoms with E-state index in [9.17, 15) is 14.4 Å². The number of carbonyl (C=O) groups is 3. The van der Waals surface area contributed by atoms with E-state index in [1.165, 1.54) is 0 Å². The van der Waals surface area contributed by atoms with Crippen molar-refractivity contribution in [1.82, 2.24) is 15.5 Å². The second-order valence-corrected chi connectivity index (χ2v) is 7.35. The van der Waals surface area contributed by atoms with Gasteiger partial charge in [0.05, 0.1) is 6.04 Å². The van der Waals surface area contributed by atoms with E-state index in [1.54, 1.807) is 11.8 Å². The van der Waals surface area contributed by atoms with Gasteiger partial charge in [0.2, 0.25) is 17.7 Å². The molecule has 0 spiro atoms. The van der Waals surface area contributed by atoms with Crippen molar-refractivity contribution in [3.05, 3.63) is 0 Å². The van der Waals surface area contributed by atoms with Gasteiger partial charge in [0.25, 0.3) is 0 Å². The van der Waals surface area contributed by atoms with Crippen molar-refractivity contribution < 1.29 is 14.4 Å². The zero-order valence-corrected chi connectivity index (χ0v) is 15.5. The number of hydrogen-bond donors (Lipinski definition) is 3. The van der Waals surface area contributed by atoms with Crippen LogP contribution < -0.4 is 16.4 Å². The minimum atomic E-state index is -0.678. The van der Waals surface area contributed by atoms with Gasteiger partial charge in [0, 0.05) is 13.1 Å². The van der Waals surface area contributed by atoms with Crippen molar-refractivity contribution in [2.45, 2.75) is 65.6 Å².